The first-order valence-electron chi connectivity index (χ1n) is 8.89. The number of carbonyl (C=O) groups is 2. The fourth-order valence-electron chi connectivity index (χ4n) is 3.85. The number of hydrogen-bond donors (Lipinski definition) is 1. The van der Waals surface area contributed by atoms with E-state index < -0.39 is 10.9 Å². The first-order chi connectivity index (χ1) is 13.0. The monoisotopic (exact) mass is 366 g/mol. The van der Waals surface area contributed by atoms with Gasteiger partial charge in [0.05, 0.1) is 16.5 Å². The van der Waals surface area contributed by atoms with Crippen LogP contribution in [0.5, 0.6) is 0 Å². The van der Waals surface area contributed by atoms with E-state index in [1.54, 1.807) is 4.90 Å². The normalized spacial score (nSPS) is 18.0. The molecule has 0 saturated heterocycles. The number of nitro groups is 1. The summed E-state index contributed by atoms with van der Waals surface area (Å²) in [6.45, 7) is 0. The van der Waals surface area contributed by atoms with Gasteiger partial charge < -0.3 is 10.0 Å². The number of carboxylic acid groups (broad SMARTS) is 1. The third kappa shape index (κ3) is 3.16. The molecule has 1 unspecified atom stereocenters. The number of nitrogens with zero attached hydrogens (tertiary/aromatic N) is 2. The Morgan fingerprint density at radius 1 is 1.07 bits per heavy atom. The molecule has 27 heavy (non-hydrogen) atoms. The van der Waals surface area contributed by atoms with Gasteiger partial charge in [0, 0.05) is 23.7 Å². The maximum atomic E-state index is 13.3. The van der Waals surface area contributed by atoms with Crippen LogP contribution in [-0.4, -0.2) is 32.8 Å². The Hall–Kier alpha value is -3.22. The summed E-state index contributed by atoms with van der Waals surface area (Å²) in [7, 11) is 0. The van der Waals surface area contributed by atoms with E-state index in [1.165, 1.54) is 17.7 Å². The summed E-state index contributed by atoms with van der Waals surface area (Å²) >= 11 is 0. The summed E-state index contributed by atoms with van der Waals surface area (Å²) in [5, 5.41) is 20.4. The molecule has 0 heterocycles. The maximum absolute atomic E-state index is 13.3. The molecule has 4 rings (SSSR count). The SMILES string of the molecule is O=C(O)c1cc(C(=O)N(C2CC2)C2CCc3ccccc32)cc([N+](=O)[O-])c1. The maximum Gasteiger partial charge on any atom is 0.335 e. The molecule has 1 fully saturated rings. The standard InChI is InChI=1S/C20H18N2O5/c23-19(13-9-14(20(24)25)11-16(10-13)22(26)27)21(15-6-7-15)18-8-5-12-3-1-2-4-17(12)18/h1-4,9-11,15,18H,5-8H2,(H,24,25). The molecule has 2 aliphatic rings. The number of fused-ring (bicyclic) bond motifs is 1. The fraction of sp³-hybridized carbons (Fsp3) is 0.300. The molecular weight excluding hydrogens is 348 g/mol. The van der Waals surface area contributed by atoms with Crippen molar-refractivity contribution >= 4 is 17.6 Å². The minimum atomic E-state index is -1.29. The average molecular weight is 366 g/mol. The highest BCUT2D eigenvalue weighted by molar-refractivity contribution is 5.99. The lowest BCUT2D eigenvalue weighted by molar-refractivity contribution is -0.384. The van der Waals surface area contributed by atoms with E-state index >= 15 is 0 Å². The summed E-state index contributed by atoms with van der Waals surface area (Å²) in [4.78, 5) is 36.9. The molecule has 0 aliphatic heterocycles. The van der Waals surface area contributed by atoms with Crippen molar-refractivity contribution < 1.29 is 19.6 Å². The van der Waals surface area contributed by atoms with Crippen molar-refractivity contribution in [3.05, 3.63) is 74.8 Å². The Bertz CT molecular complexity index is 919. The highest BCUT2D eigenvalue weighted by Crippen LogP contribution is 2.42. The molecular formula is C20H18N2O5. The van der Waals surface area contributed by atoms with Gasteiger partial charge in [0.15, 0.2) is 0 Å². The summed E-state index contributed by atoms with van der Waals surface area (Å²) in [6, 6.07) is 11.4. The van der Waals surface area contributed by atoms with Gasteiger partial charge in [-0.2, -0.15) is 0 Å². The highest BCUT2D eigenvalue weighted by atomic mass is 16.6. The summed E-state index contributed by atoms with van der Waals surface area (Å²) < 4.78 is 0. The van der Waals surface area contributed by atoms with Crippen LogP contribution >= 0.6 is 0 Å². The van der Waals surface area contributed by atoms with Gasteiger partial charge in [-0.3, -0.25) is 14.9 Å². The molecule has 2 aromatic rings. The van der Waals surface area contributed by atoms with Crippen LogP contribution in [0.2, 0.25) is 0 Å². The lowest BCUT2D eigenvalue weighted by Crippen LogP contribution is -2.36. The molecule has 1 N–H and O–H groups in total. The van der Waals surface area contributed by atoms with Gasteiger partial charge in [0.1, 0.15) is 0 Å². The Morgan fingerprint density at radius 3 is 2.44 bits per heavy atom. The Labute approximate surface area is 155 Å². The quantitative estimate of drug-likeness (QED) is 0.644. The summed E-state index contributed by atoms with van der Waals surface area (Å²) in [5.41, 5.74) is 1.74. The second-order valence-electron chi connectivity index (χ2n) is 7.03. The molecule has 2 aromatic carbocycles. The van der Waals surface area contributed by atoms with Crippen molar-refractivity contribution in [2.45, 2.75) is 37.8 Å². The predicted molar refractivity (Wildman–Crippen MR) is 96.8 cm³/mol. The van der Waals surface area contributed by atoms with Gasteiger partial charge in [0.2, 0.25) is 0 Å². The molecule has 138 valence electrons. The summed E-state index contributed by atoms with van der Waals surface area (Å²) in [6.07, 6.45) is 3.48. The van der Waals surface area contributed by atoms with Crippen molar-refractivity contribution in [3.8, 4) is 0 Å². The van der Waals surface area contributed by atoms with E-state index in [4.69, 9.17) is 0 Å². The molecule has 0 radical (unpaired) electrons. The zero-order valence-corrected chi connectivity index (χ0v) is 14.5. The lowest BCUT2D eigenvalue weighted by atomic mass is 10.0. The van der Waals surface area contributed by atoms with Crippen molar-refractivity contribution in [1.29, 1.82) is 0 Å². The zero-order valence-electron chi connectivity index (χ0n) is 14.5. The van der Waals surface area contributed by atoms with Gasteiger partial charge in [-0.25, -0.2) is 4.79 Å². The van der Waals surface area contributed by atoms with Gasteiger partial charge >= 0.3 is 5.97 Å². The second kappa shape index (κ2) is 6.50. The number of aryl methyl sites for hydroxylation is 1. The number of rotatable bonds is 5. The number of aromatic carboxylic acids is 1. The minimum absolute atomic E-state index is 0.0536. The molecule has 1 amide bonds. The summed E-state index contributed by atoms with van der Waals surface area (Å²) in [5.74, 6) is -1.64. The molecule has 0 spiro atoms. The number of carboxylic acids is 1. The van der Waals surface area contributed by atoms with Gasteiger partial charge in [-0.1, -0.05) is 24.3 Å². The first kappa shape index (κ1) is 17.2. The third-order valence-corrected chi connectivity index (χ3v) is 5.23. The number of hydrogen-bond acceptors (Lipinski definition) is 4. The molecule has 1 saturated carbocycles. The highest BCUT2D eigenvalue weighted by Gasteiger charge is 2.41. The Morgan fingerprint density at radius 2 is 1.78 bits per heavy atom. The molecule has 1 atom stereocenters. The Kier molecular flexibility index (Phi) is 4.14. The van der Waals surface area contributed by atoms with Crippen molar-refractivity contribution in [1.82, 2.24) is 4.90 Å². The molecule has 7 heteroatoms. The van der Waals surface area contributed by atoms with Crippen LogP contribution in [0.25, 0.3) is 0 Å². The van der Waals surface area contributed by atoms with Crippen molar-refractivity contribution in [2.75, 3.05) is 0 Å². The lowest BCUT2D eigenvalue weighted by Gasteiger charge is -2.30. The second-order valence-corrected chi connectivity index (χ2v) is 7.03. The van der Waals surface area contributed by atoms with Gasteiger partial charge in [-0.15, -0.1) is 0 Å². The van der Waals surface area contributed by atoms with Gasteiger partial charge in [-0.05, 0) is 42.9 Å². The minimum Gasteiger partial charge on any atom is -0.478 e. The fourth-order valence-corrected chi connectivity index (χ4v) is 3.85. The van der Waals surface area contributed by atoms with E-state index in [0.717, 1.165) is 37.3 Å². The zero-order chi connectivity index (χ0) is 19.1. The smallest absolute Gasteiger partial charge is 0.335 e. The van der Waals surface area contributed by atoms with Crippen LogP contribution in [0, 0.1) is 10.1 Å². The topological polar surface area (TPSA) is 101 Å². The molecule has 7 nitrogen and oxygen atoms in total. The number of benzene rings is 2. The van der Waals surface area contributed by atoms with Crippen LogP contribution in [0.15, 0.2) is 42.5 Å². The Balaban J connectivity index is 1.74. The van der Waals surface area contributed by atoms with E-state index in [0.29, 0.717) is 0 Å². The number of amides is 1. The molecule has 2 aliphatic carbocycles. The average Bonchev–Trinajstić information content (AvgIpc) is 3.41. The van der Waals surface area contributed by atoms with Crippen LogP contribution in [0.3, 0.4) is 0 Å². The van der Waals surface area contributed by atoms with Crippen LogP contribution in [0.1, 0.15) is 57.1 Å². The number of non-ortho nitro benzene ring substituents is 1. The molecule has 0 aromatic heterocycles. The molecule has 0 bridgehead atoms. The first-order valence-corrected chi connectivity index (χ1v) is 8.89. The van der Waals surface area contributed by atoms with E-state index in [-0.39, 0.29) is 34.8 Å². The largest absolute Gasteiger partial charge is 0.478 e. The number of carbonyl (C=O) groups excluding carboxylic acids is 1. The predicted octanol–water partition coefficient (Wildman–Crippen LogP) is 3.59. The van der Waals surface area contributed by atoms with Gasteiger partial charge in [0.25, 0.3) is 11.6 Å². The van der Waals surface area contributed by atoms with E-state index in [1.807, 2.05) is 18.2 Å². The van der Waals surface area contributed by atoms with Crippen LogP contribution in [0.4, 0.5) is 5.69 Å². The third-order valence-electron chi connectivity index (χ3n) is 5.23. The van der Waals surface area contributed by atoms with E-state index in [2.05, 4.69) is 6.07 Å². The van der Waals surface area contributed by atoms with Crippen molar-refractivity contribution in [2.24, 2.45) is 0 Å². The number of nitro benzene ring substituents is 1. The van der Waals surface area contributed by atoms with Crippen LogP contribution in [-0.2, 0) is 6.42 Å². The van der Waals surface area contributed by atoms with Crippen LogP contribution < -0.4 is 0 Å². The van der Waals surface area contributed by atoms with E-state index in [9.17, 15) is 24.8 Å². The van der Waals surface area contributed by atoms with Crippen molar-refractivity contribution in [3.63, 3.8) is 0 Å².